The molecule has 0 radical (unpaired) electrons. The average molecular weight is 393 g/mol. The second-order valence-corrected chi connectivity index (χ2v) is 6.11. The topological polar surface area (TPSA) is 121 Å². The van der Waals surface area contributed by atoms with Crippen molar-refractivity contribution in [1.82, 2.24) is 9.97 Å². The molecule has 0 bridgehead atoms. The summed E-state index contributed by atoms with van der Waals surface area (Å²) < 4.78 is 16.3. The highest BCUT2D eigenvalue weighted by molar-refractivity contribution is 6.14. The molecule has 0 amide bonds. The van der Waals surface area contributed by atoms with E-state index in [9.17, 15) is 0 Å². The number of aliphatic imine (C=N–C) groups is 1. The van der Waals surface area contributed by atoms with Gasteiger partial charge in [-0.1, -0.05) is 6.58 Å². The fourth-order valence-electron chi connectivity index (χ4n) is 3.00. The first-order valence-electron chi connectivity index (χ1n) is 8.70. The van der Waals surface area contributed by atoms with Gasteiger partial charge in [-0.05, 0) is 23.8 Å². The monoisotopic (exact) mass is 393 g/mol. The van der Waals surface area contributed by atoms with Crippen LogP contribution in [0.25, 0.3) is 27.7 Å². The van der Waals surface area contributed by atoms with E-state index in [0.29, 0.717) is 22.8 Å². The summed E-state index contributed by atoms with van der Waals surface area (Å²) in [6.07, 6.45) is 6.61. The Labute approximate surface area is 168 Å². The molecule has 5 N–H and O–H groups in total. The molecule has 0 aliphatic carbocycles. The minimum Gasteiger partial charge on any atom is -0.493 e. The first-order chi connectivity index (χ1) is 14.0. The van der Waals surface area contributed by atoms with Crippen molar-refractivity contribution in [3.8, 4) is 28.4 Å². The predicted molar refractivity (Wildman–Crippen MR) is 115 cm³/mol. The summed E-state index contributed by atoms with van der Waals surface area (Å²) in [5, 5.41) is 0.877. The van der Waals surface area contributed by atoms with Crippen LogP contribution in [0.5, 0.6) is 17.2 Å². The molecule has 150 valence electrons. The third kappa shape index (κ3) is 3.86. The number of nitrogens with zero attached hydrogens (tertiary/aromatic N) is 2. The van der Waals surface area contributed by atoms with Gasteiger partial charge in [-0.15, -0.1) is 0 Å². The van der Waals surface area contributed by atoms with Gasteiger partial charge in [0.25, 0.3) is 0 Å². The first kappa shape index (κ1) is 19.8. The lowest BCUT2D eigenvalue weighted by molar-refractivity contribution is 0.324. The highest BCUT2D eigenvalue weighted by Gasteiger charge is 2.16. The van der Waals surface area contributed by atoms with Crippen LogP contribution in [0, 0.1) is 0 Å². The molecule has 3 aromatic rings. The van der Waals surface area contributed by atoms with E-state index in [-0.39, 0.29) is 5.82 Å². The number of fused-ring (bicyclic) bond motifs is 1. The number of nitrogens with two attached hydrogens (primary N) is 2. The Morgan fingerprint density at radius 3 is 2.34 bits per heavy atom. The van der Waals surface area contributed by atoms with Crippen LogP contribution in [0.2, 0.25) is 0 Å². The van der Waals surface area contributed by atoms with Gasteiger partial charge >= 0.3 is 0 Å². The number of methoxy groups -OCH3 is 3. The van der Waals surface area contributed by atoms with Crippen molar-refractivity contribution in [2.45, 2.75) is 0 Å². The van der Waals surface area contributed by atoms with Crippen molar-refractivity contribution in [2.24, 2.45) is 16.5 Å². The number of ether oxygens (including phenoxy) is 3. The van der Waals surface area contributed by atoms with Crippen molar-refractivity contribution in [1.29, 1.82) is 0 Å². The van der Waals surface area contributed by atoms with Gasteiger partial charge in [-0.2, -0.15) is 0 Å². The Hall–Kier alpha value is -3.94. The van der Waals surface area contributed by atoms with Crippen molar-refractivity contribution in [3.05, 3.63) is 54.8 Å². The molecule has 0 aliphatic rings. The van der Waals surface area contributed by atoms with Crippen molar-refractivity contribution in [2.75, 3.05) is 21.3 Å². The zero-order chi connectivity index (χ0) is 21.0. The number of allylic oxidation sites excluding steroid dienone is 1. The molecule has 1 aromatic carbocycles. The molecule has 0 spiro atoms. The van der Waals surface area contributed by atoms with Crippen LogP contribution >= 0.6 is 0 Å². The molecule has 0 aliphatic heterocycles. The molecule has 2 aromatic heterocycles. The molecule has 2 heterocycles. The van der Waals surface area contributed by atoms with Crippen LogP contribution in [0.1, 0.15) is 5.56 Å². The van der Waals surface area contributed by atoms with Crippen LogP contribution < -0.4 is 25.7 Å². The van der Waals surface area contributed by atoms with E-state index in [1.165, 1.54) is 6.20 Å². The minimum atomic E-state index is 0.195. The minimum absolute atomic E-state index is 0.195. The summed E-state index contributed by atoms with van der Waals surface area (Å²) in [4.78, 5) is 11.7. The van der Waals surface area contributed by atoms with E-state index in [4.69, 9.17) is 25.7 Å². The number of hydrogen-bond acceptors (Lipinski definition) is 7. The van der Waals surface area contributed by atoms with Gasteiger partial charge < -0.3 is 30.7 Å². The highest BCUT2D eigenvalue weighted by Crippen LogP contribution is 2.41. The summed E-state index contributed by atoms with van der Waals surface area (Å²) in [5.41, 5.74) is 15.3. The van der Waals surface area contributed by atoms with Gasteiger partial charge in [0, 0.05) is 46.9 Å². The maximum absolute atomic E-state index is 5.79. The molecule has 0 fully saturated rings. The van der Waals surface area contributed by atoms with Gasteiger partial charge in [-0.25, -0.2) is 9.98 Å². The molecule has 8 nitrogen and oxygen atoms in total. The quantitative estimate of drug-likeness (QED) is 0.531. The molecule has 0 saturated carbocycles. The molecular formula is C21H23N5O3. The van der Waals surface area contributed by atoms with Gasteiger partial charge in [0.2, 0.25) is 5.75 Å². The number of rotatable bonds is 7. The number of aromatic amines is 1. The molecule has 8 heteroatoms. The van der Waals surface area contributed by atoms with E-state index < -0.39 is 0 Å². The summed E-state index contributed by atoms with van der Waals surface area (Å²) in [6.45, 7) is 3.56. The highest BCUT2D eigenvalue weighted by atomic mass is 16.5. The third-order valence-electron chi connectivity index (χ3n) is 4.39. The molecule has 0 atom stereocenters. The number of benzene rings is 1. The Morgan fingerprint density at radius 1 is 1.10 bits per heavy atom. The van der Waals surface area contributed by atoms with Gasteiger partial charge in [0.15, 0.2) is 11.5 Å². The largest absolute Gasteiger partial charge is 0.493 e. The number of aromatic nitrogens is 2. The fourth-order valence-corrected chi connectivity index (χ4v) is 3.00. The second-order valence-electron chi connectivity index (χ2n) is 6.11. The summed E-state index contributed by atoms with van der Waals surface area (Å²) in [5.74, 6) is 1.85. The number of H-pyrrole nitrogens is 1. The molecule has 0 saturated heterocycles. The summed E-state index contributed by atoms with van der Waals surface area (Å²) in [7, 11) is 4.73. The van der Waals surface area contributed by atoms with Crippen molar-refractivity contribution in [3.63, 3.8) is 0 Å². The maximum Gasteiger partial charge on any atom is 0.203 e. The molecule has 3 rings (SSSR count). The smallest absolute Gasteiger partial charge is 0.203 e. The summed E-state index contributed by atoms with van der Waals surface area (Å²) >= 11 is 0. The lowest BCUT2D eigenvalue weighted by Crippen LogP contribution is -1.96. The van der Waals surface area contributed by atoms with E-state index in [2.05, 4.69) is 21.5 Å². The Kier molecular flexibility index (Phi) is 5.73. The normalized spacial score (nSPS) is 11.8. The van der Waals surface area contributed by atoms with Gasteiger partial charge in [0.1, 0.15) is 11.5 Å². The Bertz CT molecular complexity index is 1090. The van der Waals surface area contributed by atoms with Gasteiger partial charge in [-0.3, -0.25) is 0 Å². The molecule has 0 unspecified atom stereocenters. The van der Waals surface area contributed by atoms with Crippen molar-refractivity contribution < 1.29 is 14.2 Å². The van der Waals surface area contributed by atoms with Crippen LogP contribution in [-0.2, 0) is 0 Å². The van der Waals surface area contributed by atoms with Crippen molar-refractivity contribution >= 4 is 22.8 Å². The van der Waals surface area contributed by atoms with Gasteiger partial charge in [0.05, 0.1) is 21.3 Å². The predicted octanol–water partition coefficient (Wildman–Crippen LogP) is 3.06. The average Bonchev–Trinajstić information content (AvgIpc) is 3.16. The zero-order valence-corrected chi connectivity index (χ0v) is 16.5. The SMILES string of the molecule is C=C(N)N=C/C(=C\N)c1c[nH]c2ncc(-c3cc(OC)c(OC)c(OC)c3)cc12. The lowest BCUT2D eigenvalue weighted by Gasteiger charge is -2.14. The third-order valence-corrected chi connectivity index (χ3v) is 4.39. The maximum atomic E-state index is 5.79. The van der Waals surface area contributed by atoms with Crippen LogP contribution in [0.15, 0.2) is 54.2 Å². The first-order valence-corrected chi connectivity index (χ1v) is 8.70. The van der Waals surface area contributed by atoms with Crippen LogP contribution in [-0.4, -0.2) is 37.5 Å². The Balaban J connectivity index is 2.14. The van der Waals surface area contributed by atoms with E-state index in [1.54, 1.807) is 33.7 Å². The Morgan fingerprint density at radius 2 is 1.79 bits per heavy atom. The fraction of sp³-hybridized carbons (Fsp3) is 0.143. The molecular weight excluding hydrogens is 370 g/mol. The van der Waals surface area contributed by atoms with E-state index in [0.717, 1.165) is 27.7 Å². The van der Waals surface area contributed by atoms with Crippen LogP contribution in [0.3, 0.4) is 0 Å². The second kappa shape index (κ2) is 8.39. The number of nitrogens with one attached hydrogen (secondary N) is 1. The lowest BCUT2D eigenvalue weighted by atomic mass is 10.0. The summed E-state index contributed by atoms with van der Waals surface area (Å²) in [6, 6.07) is 5.75. The van der Waals surface area contributed by atoms with E-state index in [1.807, 2.05) is 24.4 Å². The van der Waals surface area contributed by atoms with E-state index >= 15 is 0 Å². The molecule has 29 heavy (non-hydrogen) atoms. The number of pyridine rings is 1. The number of hydrogen-bond donors (Lipinski definition) is 3. The standard InChI is InChI=1S/C21H23N5O3/c1-12(23)24-10-15(8-22)17-11-26-21-16(17)5-14(9-25-21)13-6-18(27-2)20(29-4)19(7-13)28-3/h5-11H,1,22-23H2,2-4H3,(H,25,26)/b15-8+,24-10?. The zero-order valence-electron chi connectivity index (χ0n) is 16.5. The van der Waals surface area contributed by atoms with Crippen LogP contribution in [0.4, 0.5) is 0 Å².